The lowest BCUT2D eigenvalue weighted by Gasteiger charge is -2.19. The lowest BCUT2D eigenvalue weighted by molar-refractivity contribution is 0.0933. The SMILES string of the molecule is COc1ccc(C(=O)NNCCCCCNS(=O)(=O)C(C)(C)C)cc1. The van der Waals surface area contributed by atoms with E-state index in [-0.39, 0.29) is 5.91 Å². The molecule has 0 fully saturated rings. The van der Waals surface area contributed by atoms with Crippen molar-refractivity contribution in [1.29, 1.82) is 0 Å². The van der Waals surface area contributed by atoms with Crippen LogP contribution in [-0.2, 0) is 10.0 Å². The van der Waals surface area contributed by atoms with Crippen molar-refractivity contribution in [2.45, 2.75) is 44.8 Å². The number of hydrazine groups is 1. The summed E-state index contributed by atoms with van der Waals surface area (Å²) < 4.78 is 30.6. The van der Waals surface area contributed by atoms with Crippen LogP contribution in [0.1, 0.15) is 50.4 Å². The molecule has 0 saturated carbocycles. The fraction of sp³-hybridized carbons (Fsp3) is 0.588. The van der Waals surface area contributed by atoms with Gasteiger partial charge in [0, 0.05) is 18.7 Å². The average molecular weight is 372 g/mol. The monoisotopic (exact) mass is 371 g/mol. The maximum absolute atomic E-state index is 11.9. The summed E-state index contributed by atoms with van der Waals surface area (Å²) in [4.78, 5) is 11.9. The van der Waals surface area contributed by atoms with Gasteiger partial charge in [0.15, 0.2) is 0 Å². The lowest BCUT2D eigenvalue weighted by atomic mass is 10.2. The molecule has 0 spiro atoms. The molecule has 0 atom stereocenters. The molecule has 0 aliphatic rings. The van der Waals surface area contributed by atoms with Gasteiger partial charge >= 0.3 is 0 Å². The Morgan fingerprint density at radius 2 is 1.64 bits per heavy atom. The third kappa shape index (κ3) is 7.41. The molecule has 0 aliphatic carbocycles. The summed E-state index contributed by atoms with van der Waals surface area (Å²) in [5.41, 5.74) is 6.05. The molecule has 0 saturated heterocycles. The fourth-order valence-electron chi connectivity index (χ4n) is 1.90. The van der Waals surface area contributed by atoms with E-state index in [2.05, 4.69) is 15.6 Å². The number of sulfonamides is 1. The Balaban J connectivity index is 2.13. The van der Waals surface area contributed by atoms with Gasteiger partial charge in [-0.2, -0.15) is 0 Å². The Bertz CT molecular complexity index is 637. The number of rotatable bonds is 10. The second-order valence-electron chi connectivity index (χ2n) is 6.68. The smallest absolute Gasteiger partial charge is 0.265 e. The molecule has 0 bridgehead atoms. The third-order valence-corrected chi connectivity index (χ3v) is 5.83. The van der Waals surface area contributed by atoms with E-state index in [1.807, 2.05) is 0 Å². The molecule has 142 valence electrons. The number of hydrogen-bond donors (Lipinski definition) is 3. The summed E-state index contributed by atoms with van der Waals surface area (Å²) in [6.45, 7) is 6.06. The summed E-state index contributed by atoms with van der Waals surface area (Å²) in [6, 6.07) is 6.84. The van der Waals surface area contributed by atoms with E-state index in [0.717, 1.165) is 19.3 Å². The van der Waals surface area contributed by atoms with E-state index >= 15 is 0 Å². The maximum atomic E-state index is 11.9. The van der Waals surface area contributed by atoms with Gasteiger partial charge < -0.3 is 4.74 Å². The van der Waals surface area contributed by atoms with Crippen molar-refractivity contribution in [1.82, 2.24) is 15.6 Å². The number of unbranched alkanes of at least 4 members (excludes halogenated alkanes) is 2. The number of amides is 1. The topological polar surface area (TPSA) is 96.5 Å². The van der Waals surface area contributed by atoms with Gasteiger partial charge in [-0.15, -0.1) is 0 Å². The van der Waals surface area contributed by atoms with E-state index in [9.17, 15) is 13.2 Å². The van der Waals surface area contributed by atoms with Gasteiger partial charge in [0.1, 0.15) is 5.75 Å². The van der Waals surface area contributed by atoms with E-state index in [0.29, 0.717) is 24.4 Å². The van der Waals surface area contributed by atoms with Crippen LogP contribution in [0.3, 0.4) is 0 Å². The van der Waals surface area contributed by atoms with Crippen LogP contribution >= 0.6 is 0 Å². The molecule has 0 heterocycles. The van der Waals surface area contributed by atoms with Gasteiger partial charge in [0.2, 0.25) is 10.0 Å². The largest absolute Gasteiger partial charge is 0.497 e. The molecule has 1 aromatic carbocycles. The predicted molar refractivity (Wildman–Crippen MR) is 99.0 cm³/mol. The molecule has 0 aromatic heterocycles. The van der Waals surface area contributed by atoms with Crippen molar-refractivity contribution in [2.75, 3.05) is 20.2 Å². The van der Waals surface area contributed by atoms with Crippen molar-refractivity contribution in [3.8, 4) is 5.75 Å². The highest BCUT2D eigenvalue weighted by atomic mass is 32.2. The predicted octanol–water partition coefficient (Wildman–Crippen LogP) is 1.82. The van der Waals surface area contributed by atoms with E-state index < -0.39 is 14.8 Å². The quantitative estimate of drug-likeness (QED) is 0.431. The molecule has 7 nitrogen and oxygen atoms in total. The van der Waals surface area contributed by atoms with Gasteiger partial charge in [-0.3, -0.25) is 10.2 Å². The number of methoxy groups -OCH3 is 1. The first-order valence-corrected chi connectivity index (χ1v) is 9.82. The van der Waals surface area contributed by atoms with Gasteiger partial charge in [-0.1, -0.05) is 6.42 Å². The Morgan fingerprint density at radius 1 is 1.04 bits per heavy atom. The number of ether oxygens (including phenoxy) is 1. The Hall–Kier alpha value is -1.64. The Morgan fingerprint density at radius 3 is 2.20 bits per heavy atom. The molecule has 1 rings (SSSR count). The van der Waals surface area contributed by atoms with Crippen LogP contribution < -0.4 is 20.3 Å². The van der Waals surface area contributed by atoms with Crippen LogP contribution in [0.15, 0.2) is 24.3 Å². The zero-order chi connectivity index (χ0) is 18.9. The first-order valence-electron chi connectivity index (χ1n) is 8.34. The molecule has 0 unspecified atom stereocenters. The van der Waals surface area contributed by atoms with Crippen LogP contribution in [0.25, 0.3) is 0 Å². The minimum Gasteiger partial charge on any atom is -0.497 e. The number of carbonyl (C=O) groups is 1. The molecule has 3 N–H and O–H groups in total. The number of carbonyl (C=O) groups excluding carboxylic acids is 1. The van der Waals surface area contributed by atoms with Crippen molar-refractivity contribution >= 4 is 15.9 Å². The Labute approximate surface area is 150 Å². The second-order valence-corrected chi connectivity index (χ2v) is 9.20. The molecule has 25 heavy (non-hydrogen) atoms. The molecule has 0 aliphatic heterocycles. The fourth-order valence-corrected chi connectivity index (χ4v) is 2.74. The highest BCUT2D eigenvalue weighted by Gasteiger charge is 2.27. The summed E-state index contributed by atoms with van der Waals surface area (Å²) in [5, 5.41) is 0. The first kappa shape index (κ1) is 21.4. The highest BCUT2D eigenvalue weighted by Crippen LogP contribution is 2.13. The molecular formula is C17H29N3O4S. The van der Waals surface area contributed by atoms with E-state index in [1.54, 1.807) is 52.1 Å². The number of hydrogen-bond acceptors (Lipinski definition) is 5. The molecule has 1 amide bonds. The van der Waals surface area contributed by atoms with Gasteiger partial charge in [-0.05, 0) is 57.9 Å². The van der Waals surface area contributed by atoms with Gasteiger partial charge in [0.25, 0.3) is 5.91 Å². The van der Waals surface area contributed by atoms with Crippen molar-refractivity contribution in [3.05, 3.63) is 29.8 Å². The van der Waals surface area contributed by atoms with Crippen molar-refractivity contribution in [3.63, 3.8) is 0 Å². The number of benzene rings is 1. The Kier molecular flexibility index (Phi) is 8.34. The van der Waals surface area contributed by atoms with Crippen LogP contribution in [0, 0.1) is 0 Å². The van der Waals surface area contributed by atoms with Crippen LogP contribution in [-0.4, -0.2) is 39.3 Å². The summed E-state index contributed by atoms with van der Waals surface area (Å²) >= 11 is 0. The van der Waals surface area contributed by atoms with Gasteiger partial charge in [-0.25, -0.2) is 18.6 Å². The van der Waals surface area contributed by atoms with Gasteiger partial charge in [0.05, 0.1) is 11.9 Å². The molecular weight excluding hydrogens is 342 g/mol. The first-order chi connectivity index (χ1) is 11.7. The summed E-state index contributed by atoms with van der Waals surface area (Å²) in [6.07, 6.45) is 2.45. The second kappa shape index (κ2) is 9.74. The lowest BCUT2D eigenvalue weighted by Crippen LogP contribution is -2.40. The van der Waals surface area contributed by atoms with Crippen molar-refractivity contribution in [2.24, 2.45) is 0 Å². The maximum Gasteiger partial charge on any atom is 0.265 e. The minimum absolute atomic E-state index is 0.208. The summed E-state index contributed by atoms with van der Waals surface area (Å²) in [5.74, 6) is 0.493. The van der Waals surface area contributed by atoms with Crippen LogP contribution in [0.2, 0.25) is 0 Å². The van der Waals surface area contributed by atoms with Crippen LogP contribution in [0.4, 0.5) is 0 Å². The minimum atomic E-state index is -3.27. The van der Waals surface area contributed by atoms with E-state index in [4.69, 9.17) is 4.74 Å². The average Bonchev–Trinajstić information content (AvgIpc) is 2.56. The molecule has 8 heteroatoms. The summed E-state index contributed by atoms with van der Waals surface area (Å²) in [7, 11) is -1.70. The normalized spacial score (nSPS) is 12.0. The third-order valence-electron chi connectivity index (χ3n) is 3.63. The number of nitrogens with one attached hydrogen (secondary N) is 3. The molecule has 0 radical (unpaired) electrons. The van der Waals surface area contributed by atoms with Crippen molar-refractivity contribution < 1.29 is 17.9 Å². The van der Waals surface area contributed by atoms with Crippen LogP contribution in [0.5, 0.6) is 5.75 Å². The molecule has 1 aromatic rings. The zero-order valence-electron chi connectivity index (χ0n) is 15.4. The van der Waals surface area contributed by atoms with E-state index in [1.165, 1.54) is 0 Å². The highest BCUT2D eigenvalue weighted by molar-refractivity contribution is 7.90. The zero-order valence-corrected chi connectivity index (χ0v) is 16.2. The standard InChI is InChI=1S/C17H29N3O4S/c1-17(2,3)25(22,23)19-13-7-5-6-12-18-20-16(21)14-8-10-15(24-4)11-9-14/h8-11,18-19H,5-7,12-13H2,1-4H3,(H,20,21).